The van der Waals surface area contributed by atoms with Gasteiger partial charge >= 0.3 is 0 Å². The lowest BCUT2D eigenvalue weighted by atomic mass is 10.1. The molecule has 1 aliphatic heterocycles. The molecule has 0 spiro atoms. The van der Waals surface area contributed by atoms with Gasteiger partial charge in [-0.25, -0.2) is 0 Å². The van der Waals surface area contributed by atoms with Crippen molar-refractivity contribution in [1.29, 1.82) is 0 Å². The van der Waals surface area contributed by atoms with Gasteiger partial charge in [0, 0.05) is 6.04 Å². The van der Waals surface area contributed by atoms with Crippen LogP contribution >= 0.6 is 0 Å². The van der Waals surface area contributed by atoms with Crippen LogP contribution in [0.1, 0.15) is 13.8 Å². The van der Waals surface area contributed by atoms with Crippen LogP contribution in [0.15, 0.2) is 0 Å². The van der Waals surface area contributed by atoms with Crippen molar-refractivity contribution >= 4 is 0 Å². The minimum absolute atomic E-state index is 0.292. The Morgan fingerprint density at radius 3 is 2.00 bits per heavy atom. The number of hydrogen-bond donors (Lipinski definition) is 2. The monoisotopic (exact) mass is 100 g/mol. The molecular formula is C5H12N2. The molecule has 0 aromatic heterocycles. The Morgan fingerprint density at radius 1 is 1.57 bits per heavy atom. The normalized spacial score (nSPS) is 39.4. The SMILES string of the molecule is CC(C)C1NC1N. The molecule has 0 amide bonds. The van der Waals surface area contributed by atoms with Crippen molar-refractivity contribution < 1.29 is 0 Å². The van der Waals surface area contributed by atoms with Crippen molar-refractivity contribution in [3.05, 3.63) is 0 Å². The van der Waals surface area contributed by atoms with E-state index in [1.807, 2.05) is 0 Å². The maximum atomic E-state index is 5.46. The van der Waals surface area contributed by atoms with Gasteiger partial charge in [-0.05, 0) is 5.92 Å². The first kappa shape index (κ1) is 5.06. The predicted molar refractivity (Wildman–Crippen MR) is 29.7 cm³/mol. The zero-order valence-corrected chi connectivity index (χ0v) is 4.81. The van der Waals surface area contributed by atoms with Gasteiger partial charge in [0.05, 0.1) is 6.17 Å². The molecule has 2 nitrogen and oxygen atoms in total. The van der Waals surface area contributed by atoms with Crippen molar-refractivity contribution in [2.75, 3.05) is 0 Å². The highest BCUT2D eigenvalue weighted by Crippen LogP contribution is 2.13. The number of rotatable bonds is 1. The molecular weight excluding hydrogens is 88.1 g/mol. The van der Waals surface area contributed by atoms with E-state index >= 15 is 0 Å². The molecule has 0 aliphatic carbocycles. The van der Waals surface area contributed by atoms with Gasteiger partial charge in [0.2, 0.25) is 0 Å². The summed E-state index contributed by atoms with van der Waals surface area (Å²) in [5.74, 6) is 0.704. The van der Waals surface area contributed by atoms with Crippen molar-refractivity contribution in [3.63, 3.8) is 0 Å². The van der Waals surface area contributed by atoms with E-state index in [0.717, 1.165) is 0 Å². The van der Waals surface area contributed by atoms with E-state index in [1.165, 1.54) is 0 Å². The number of hydrogen-bond acceptors (Lipinski definition) is 2. The standard InChI is InChI=1S/C5H12N2/c1-3(2)4-5(6)7-4/h3-5,7H,6H2,1-2H3. The van der Waals surface area contributed by atoms with E-state index < -0.39 is 0 Å². The third-order valence-corrected chi connectivity index (χ3v) is 1.38. The molecule has 2 atom stereocenters. The summed E-state index contributed by atoms with van der Waals surface area (Å²) in [6.07, 6.45) is 0.292. The van der Waals surface area contributed by atoms with E-state index in [2.05, 4.69) is 19.2 Å². The van der Waals surface area contributed by atoms with Crippen LogP contribution in [-0.4, -0.2) is 12.2 Å². The molecule has 0 radical (unpaired) electrons. The smallest absolute Gasteiger partial charge is 0.0710 e. The topological polar surface area (TPSA) is 48.0 Å². The van der Waals surface area contributed by atoms with Gasteiger partial charge < -0.3 is 5.73 Å². The van der Waals surface area contributed by atoms with Gasteiger partial charge in [-0.3, -0.25) is 5.32 Å². The van der Waals surface area contributed by atoms with Crippen molar-refractivity contribution in [3.8, 4) is 0 Å². The second kappa shape index (κ2) is 1.46. The zero-order chi connectivity index (χ0) is 5.44. The molecule has 1 heterocycles. The van der Waals surface area contributed by atoms with Gasteiger partial charge in [-0.1, -0.05) is 13.8 Å². The molecule has 42 valence electrons. The number of nitrogens with two attached hydrogens (primary N) is 1. The van der Waals surface area contributed by atoms with Crippen LogP contribution in [0.2, 0.25) is 0 Å². The molecule has 0 saturated carbocycles. The Hall–Kier alpha value is -0.0800. The highest BCUT2D eigenvalue weighted by atomic mass is 15.2. The molecule has 3 N–H and O–H groups in total. The van der Waals surface area contributed by atoms with Crippen molar-refractivity contribution in [1.82, 2.24) is 5.32 Å². The summed E-state index contributed by atoms with van der Waals surface area (Å²) in [6, 6.07) is 0.597. The Morgan fingerprint density at radius 2 is 2.00 bits per heavy atom. The minimum Gasteiger partial charge on any atom is -0.315 e. The second-order valence-electron chi connectivity index (χ2n) is 2.46. The predicted octanol–water partition coefficient (Wildman–Crippen LogP) is -0.101. The van der Waals surface area contributed by atoms with E-state index in [-0.39, 0.29) is 0 Å². The summed E-state index contributed by atoms with van der Waals surface area (Å²) in [6.45, 7) is 4.34. The Balaban J connectivity index is 2.20. The van der Waals surface area contributed by atoms with E-state index in [9.17, 15) is 0 Å². The van der Waals surface area contributed by atoms with Gasteiger partial charge in [-0.15, -0.1) is 0 Å². The number of nitrogens with one attached hydrogen (secondary N) is 1. The third-order valence-electron chi connectivity index (χ3n) is 1.38. The molecule has 7 heavy (non-hydrogen) atoms. The fourth-order valence-electron chi connectivity index (χ4n) is 0.774. The van der Waals surface area contributed by atoms with Gasteiger partial charge in [0.25, 0.3) is 0 Å². The quantitative estimate of drug-likeness (QED) is 0.452. The van der Waals surface area contributed by atoms with Crippen molar-refractivity contribution in [2.24, 2.45) is 11.7 Å². The summed E-state index contributed by atoms with van der Waals surface area (Å²) >= 11 is 0. The van der Waals surface area contributed by atoms with Crippen LogP contribution in [0, 0.1) is 5.92 Å². The van der Waals surface area contributed by atoms with Gasteiger partial charge in [0.15, 0.2) is 0 Å². The maximum Gasteiger partial charge on any atom is 0.0710 e. The summed E-state index contributed by atoms with van der Waals surface area (Å²) < 4.78 is 0. The fourth-order valence-corrected chi connectivity index (χ4v) is 0.774. The van der Waals surface area contributed by atoms with E-state index in [4.69, 9.17) is 5.73 Å². The average Bonchev–Trinajstić information content (AvgIpc) is 2.17. The first-order chi connectivity index (χ1) is 3.22. The molecule has 0 aromatic rings. The van der Waals surface area contributed by atoms with Crippen LogP contribution in [0.3, 0.4) is 0 Å². The average molecular weight is 100 g/mol. The van der Waals surface area contributed by atoms with E-state index in [0.29, 0.717) is 18.1 Å². The van der Waals surface area contributed by atoms with Crippen molar-refractivity contribution in [2.45, 2.75) is 26.1 Å². The summed E-state index contributed by atoms with van der Waals surface area (Å²) in [5, 5.41) is 3.11. The molecule has 2 unspecified atom stereocenters. The van der Waals surface area contributed by atoms with Gasteiger partial charge in [-0.2, -0.15) is 0 Å². The van der Waals surface area contributed by atoms with E-state index in [1.54, 1.807) is 0 Å². The first-order valence-electron chi connectivity index (χ1n) is 2.73. The van der Waals surface area contributed by atoms with Crippen LogP contribution in [0.5, 0.6) is 0 Å². The lowest BCUT2D eigenvalue weighted by molar-refractivity contribution is 0.618. The minimum atomic E-state index is 0.292. The Bertz CT molecular complexity index is 70.5. The molecule has 2 heteroatoms. The lowest BCUT2D eigenvalue weighted by Crippen LogP contribution is -2.09. The maximum absolute atomic E-state index is 5.46. The Kier molecular flexibility index (Phi) is 1.05. The van der Waals surface area contributed by atoms with Gasteiger partial charge in [0.1, 0.15) is 0 Å². The van der Waals surface area contributed by atoms with Crippen LogP contribution < -0.4 is 11.1 Å². The van der Waals surface area contributed by atoms with Crippen LogP contribution in [-0.2, 0) is 0 Å². The highest BCUT2D eigenvalue weighted by molar-refractivity contribution is 4.94. The summed E-state index contributed by atoms with van der Waals surface area (Å²) in [7, 11) is 0. The summed E-state index contributed by atoms with van der Waals surface area (Å²) in [4.78, 5) is 0. The van der Waals surface area contributed by atoms with Crippen LogP contribution in [0.4, 0.5) is 0 Å². The Labute approximate surface area is 44.1 Å². The summed E-state index contributed by atoms with van der Waals surface area (Å²) in [5.41, 5.74) is 5.46. The molecule has 0 aromatic carbocycles. The molecule has 0 bridgehead atoms. The molecule has 1 fully saturated rings. The molecule has 1 aliphatic rings. The molecule has 1 rings (SSSR count). The largest absolute Gasteiger partial charge is 0.315 e. The molecule has 1 saturated heterocycles. The third kappa shape index (κ3) is 0.924. The van der Waals surface area contributed by atoms with Crippen LogP contribution in [0.25, 0.3) is 0 Å². The zero-order valence-electron chi connectivity index (χ0n) is 4.81. The lowest BCUT2D eigenvalue weighted by Gasteiger charge is -1.94. The second-order valence-corrected chi connectivity index (χ2v) is 2.46. The highest BCUT2D eigenvalue weighted by Gasteiger charge is 2.34. The first-order valence-corrected chi connectivity index (χ1v) is 2.73. The fraction of sp³-hybridized carbons (Fsp3) is 1.00.